The molecule has 50 heavy (non-hydrogen) atoms. The summed E-state index contributed by atoms with van der Waals surface area (Å²) in [5.74, 6) is -0.410. The van der Waals surface area contributed by atoms with Crippen LogP contribution in [0.1, 0.15) is 117 Å². The molecule has 0 aliphatic heterocycles. The summed E-state index contributed by atoms with van der Waals surface area (Å²) in [6.45, 7) is 11.9. The molecule has 0 unspecified atom stereocenters. The van der Waals surface area contributed by atoms with Crippen LogP contribution in [0.15, 0.2) is 60.7 Å². The van der Waals surface area contributed by atoms with Gasteiger partial charge in [0.05, 0.1) is 0 Å². The Morgan fingerprint density at radius 2 is 0.800 bits per heavy atom. The Morgan fingerprint density at radius 3 is 1.10 bits per heavy atom. The van der Waals surface area contributed by atoms with E-state index in [2.05, 4.69) is 21.3 Å². The van der Waals surface area contributed by atoms with Crippen molar-refractivity contribution in [3.63, 3.8) is 0 Å². The van der Waals surface area contributed by atoms with Gasteiger partial charge in [0.1, 0.15) is 23.3 Å². The highest BCUT2D eigenvalue weighted by molar-refractivity contribution is 5.86. The van der Waals surface area contributed by atoms with Crippen molar-refractivity contribution in [1.29, 1.82) is 0 Å². The molecule has 0 aromatic heterocycles. The lowest BCUT2D eigenvalue weighted by Crippen LogP contribution is -2.49. The van der Waals surface area contributed by atoms with Crippen LogP contribution in [0.4, 0.5) is 9.59 Å². The topological polar surface area (TPSA) is 135 Å². The highest BCUT2D eigenvalue weighted by atomic mass is 16.6. The van der Waals surface area contributed by atoms with Gasteiger partial charge in [-0.3, -0.25) is 9.59 Å². The zero-order valence-electron chi connectivity index (χ0n) is 31.3. The van der Waals surface area contributed by atoms with Gasteiger partial charge in [-0.1, -0.05) is 112 Å². The van der Waals surface area contributed by atoms with Crippen LogP contribution in [-0.2, 0) is 31.9 Å². The number of carbonyl (C=O) groups is 4. The standard InChI is InChI=1S/C40H62N4O6/c1-39(2,3)49-37(47)43-33(29-31-23-17-15-18-24-31)35(45)41-27-21-13-11-9-7-8-10-12-14-22-28-42-36(46)34(30-32-25-19-16-20-26-32)44-38(48)50-40(4,5)6/h15-20,23-26,33-34H,7-14,21-22,27-30H2,1-6H3,(H,41,45)(H,42,46)(H,43,47)(H,44,48)/t33-,34-/m0/s1. The number of rotatable bonds is 21. The lowest BCUT2D eigenvalue weighted by Gasteiger charge is -2.23. The van der Waals surface area contributed by atoms with E-state index < -0.39 is 35.5 Å². The zero-order chi connectivity index (χ0) is 36.8. The molecule has 2 atom stereocenters. The third kappa shape index (κ3) is 20.4. The minimum Gasteiger partial charge on any atom is -0.444 e. The average molecular weight is 695 g/mol. The quantitative estimate of drug-likeness (QED) is 0.101. The van der Waals surface area contributed by atoms with Crippen LogP contribution in [0.25, 0.3) is 0 Å². The van der Waals surface area contributed by atoms with Gasteiger partial charge in [0.2, 0.25) is 11.8 Å². The molecule has 10 nitrogen and oxygen atoms in total. The van der Waals surface area contributed by atoms with Gasteiger partial charge in [-0.2, -0.15) is 0 Å². The van der Waals surface area contributed by atoms with E-state index >= 15 is 0 Å². The molecular formula is C40H62N4O6. The van der Waals surface area contributed by atoms with Gasteiger partial charge in [0, 0.05) is 25.9 Å². The highest BCUT2D eigenvalue weighted by Crippen LogP contribution is 2.12. The van der Waals surface area contributed by atoms with E-state index in [-0.39, 0.29) is 11.8 Å². The lowest BCUT2D eigenvalue weighted by molar-refractivity contribution is -0.123. The Bertz CT molecular complexity index is 1170. The van der Waals surface area contributed by atoms with Crippen LogP contribution in [0.5, 0.6) is 0 Å². The van der Waals surface area contributed by atoms with Crippen LogP contribution in [-0.4, -0.2) is 60.4 Å². The molecule has 0 spiro atoms. The van der Waals surface area contributed by atoms with Gasteiger partial charge in [0.15, 0.2) is 0 Å². The van der Waals surface area contributed by atoms with Crippen molar-refractivity contribution < 1.29 is 28.7 Å². The number of alkyl carbamates (subject to hydrolysis) is 2. The summed E-state index contributed by atoms with van der Waals surface area (Å²) in [5.41, 5.74) is 0.643. The van der Waals surface area contributed by atoms with Crippen LogP contribution in [0.2, 0.25) is 0 Å². The van der Waals surface area contributed by atoms with Gasteiger partial charge in [-0.15, -0.1) is 0 Å². The minimum atomic E-state index is -0.707. The molecule has 2 rings (SSSR count). The molecule has 10 heteroatoms. The number of nitrogens with one attached hydrogen (secondary N) is 4. The van der Waals surface area contributed by atoms with E-state index in [1.165, 1.54) is 12.8 Å². The Balaban J connectivity index is 1.56. The second-order valence-corrected chi connectivity index (χ2v) is 14.9. The Hall–Kier alpha value is -4.08. The second kappa shape index (κ2) is 22.6. The highest BCUT2D eigenvalue weighted by Gasteiger charge is 2.26. The maximum Gasteiger partial charge on any atom is 0.408 e. The molecule has 0 bridgehead atoms. The number of ether oxygens (including phenoxy) is 2. The van der Waals surface area contributed by atoms with Crippen molar-refractivity contribution in [1.82, 2.24) is 21.3 Å². The molecule has 2 aromatic carbocycles. The third-order valence-electron chi connectivity index (χ3n) is 7.78. The van der Waals surface area contributed by atoms with Crippen LogP contribution in [0, 0.1) is 0 Å². The van der Waals surface area contributed by atoms with Crippen molar-refractivity contribution in [3.05, 3.63) is 71.8 Å². The van der Waals surface area contributed by atoms with Gasteiger partial charge in [0.25, 0.3) is 0 Å². The maximum absolute atomic E-state index is 12.9. The van der Waals surface area contributed by atoms with E-state index in [1.54, 1.807) is 41.5 Å². The van der Waals surface area contributed by atoms with Crippen LogP contribution in [0.3, 0.4) is 0 Å². The average Bonchev–Trinajstić information content (AvgIpc) is 3.03. The van der Waals surface area contributed by atoms with Gasteiger partial charge < -0.3 is 30.7 Å². The van der Waals surface area contributed by atoms with Crippen molar-refractivity contribution in [2.45, 2.75) is 142 Å². The number of unbranched alkanes of at least 4 members (excludes halogenated alkanes) is 9. The van der Waals surface area contributed by atoms with Crippen molar-refractivity contribution in [3.8, 4) is 0 Å². The summed E-state index contributed by atoms with van der Waals surface area (Å²) < 4.78 is 10.7. The van der Waals surface area contributed by atoms with E-state index in [0.717, 1.165) is 62.5 Å². The number of hydrogen-bond acceptors (Lipinski definition) is 6. The van der Waals surface area contributed by atoms with Crippen molar-refractivity contribution in [2.24, 2.45) is 0 Å². The van der Waals surface area contributed by atoms with E-state index in [0.29, 0.717) is 25.9 Å². The van der Waals surface area contributed by atoms with Gasteiger partial charge in [-0.05, 0) is 65.5 Å². The monoisotopic (exact) mass is 694 g/mol. The first-order chi connectivity index (χ1) is 23.7. The molecule has 0 radical (unpaired) electrons. The Kier molecular flexibility index (Phi) is 19.0. The summed E-state index contributed by atoms with van der Waals surface area (Å²) in [7, 11) is 0. The Labute approximate surface area is 300 Å². The van der Waals surface area contributed by atoms with E-state index in [1.807, 2.05) is 60.7 Å². The van der Waals surface area contributed by atoms with E-state index in [9.17, 15) is 19.2 Å². The number of amides is 4. The number of hydrogen-bond donors (Lipinski definition) is 4. The minimum absolute atomic E-state index is 0.205. The summed E-state index contributed by atoms with van der Waals surface area (Å²) in [4.78, 5) is 50.6. The number of benzene rings is 2. The molecule has 0 saturated heterocycles. The molecule has 2 aromatic rings. The van der Waals surface area contributed by atoms with E-state index in [4.69, 9.17) is 9.47 Å². The first-order valence-corrected chi connectivity index (χ1v) is 18.3. The predicted octanol–water partition coefficient (Wildman–Crippen LogP) is 7.39. The zero-order valence-corrected chi connectivity index (χ0v) is 31.3. The third-order valence-corrected chi connectivity index (χ3v) is 7.78. The summed E-state index contributed by atoms with van der Waals surface area (Å²) in [6.07, 6.45) is 10.4. The molecule has 0 fully saturated rings. The Morgan fingerprint density at radius 1 is 0.500 bits per heavy atom. The smallest absolute Gasteiger partial charge is 0.408 e. The van der Waals surface area contributed by atoms with Crippen molar-refractivity contribution in [2.75, 3.05) is 13.1 Å². The fourth-order valence-corrected chi connectivity index (χ4v) is 5.35. The van der Waals surface area contributed by atoms with Gasteiger partial charge in [-0.25, -0.2) is 9.59 Å². The largest absolute Gasteiger partial charge is 0.444 e. The van der Waals surface area contributed by atoms with Gasteiger partial charge >= 0.3 is 12.2 Å². The molecular weight excluding hydrogens is 632 g/mol. The molecule has 0 aliphatic rings. The molecule has 4 amide bonds. The molecule has 0 saturated carbocycles. The summed E-state index contributed by atoms with van der Waals surface area (Å²) in [6, 6.07) is 17.9. The predicted molar refractivity (Wildman–Crippen MR) is 199 cm³/mol. The summed E-state index contributed by atoms with van der Waals surface area (Å²) >= 11 is 0. The van der Waals surface area contributed by atoms with Crippen molar-refractivity contribution >= 4 is 24.0 Å². The summed E-state index contributed by atoms with van der Waals surface area (Å²) in [5, 5.41) is 11.5. The lowest BCUT2D eigenvalue weighted by atomic mass is 10.0. The first-order valence-electron chi connectivity index (χ1n) is 18.3. The normalized spacial score (nSPS) is 12.7. The van der Waals surface area contributed by atoms with Crippen LogP contribution < -0.4 is 21.3 Å². The SMILES string of the molecule is CC(C)(C)OC(=O)N[C@@H](Cc1ccccc1)C(=O)NCCCCCCCCCCCCNC(=O)[C@H](Cc1ccccc1)NC(=O)OC(C)(C)C. The second-order valence-electron chi connectivity index (χ2n) is 14.9. The number of carbonyl (C=O) groups excluding carboxylic acids is 4. The molecule has 4 N–H and O–H groups in total. The fourth-order valence-electron chi connectivity index (χ4n) is 5.35. The fraction of sp³-hybridized carbons (Fsp3) is 0.600. The molecule has 0 heterocycles. The van der Waals surface area contributed by atoms with Crippen LogP contribution >= 0.6 is 0 Å². The molecule has 278 valence electrons. The molecule has 0 aliphatic carbocycles. The first kappa shape index (κ1) is 42.1. The maximum atomic E-state index is 12.9.